The molecule has 2 aliphatic heterocycles. The zero-order chi connectivity index (χ0) is 18.1. The normalized spacial score (nSPS) is 19.7. The molecular formula is C21H23ClN2O2. The number of carbonyl (C=O) groups is 1. The molecule has 2 aromatic carbocycles. The molecule has 2 heterocycles. The molecule has 1 fully saturated rings. The van der Waals surface area contributed by atoms with Crippen molar-refractivity contribution in [1.29, 1.82) is 0 Å². The first-order valence-corrected chi connectivity index (χ1v) is 9.49. The van der Waals surface area contributed by atoms with Crippen LogP contribution in [0.15, 0.2) is 42.5 Å². The van der Waals surface area contributed by atoms with Crippen LogP contribution >= 0.6 is 11.6 Å². The SMILES string of the molecule is Cc1cccc(N2CCN(C(=O)C3COc4ccc(Cl)cc4C3)CC2)c1. The number of benzene rings is 2. The Kier molecular flexibility index (Phi) is 4.77. The lowest BCUT2D eigenvalue weighted by molar-refractivity contribution is -0.137. The van der Waals surface area contributed by atoms with E-state index in [9.17, 15) is 4.79 Å². The number of halogens is 1. The number of carbonyl (C=O) groups excluding carboxylic acids is 1. The zero-order valence-electron chi connectivity index (χ0n) is 15.0. The van der Waals surface area contributed by atoms with Gasteiger partial charge < -0.3 is 14.5 Å². The molecule has 26 heavy (non-hydrogen) atoms. The number of rotatable bonds is 2. The van der Waals surface area contributed by atoms with Crippen LogP contribution in [0.4, 0.5) is 5.69 Å². The molecule has 0 saturated carbocycles. The Morgan fingerprint density at radius 3 is 2.69 bits per heavy atom. The average Bonchev–Trinajstić information content (AvgIpc) is 2.67. The summed E-state index contributed by atoms with van der Waals surface area (Å²) in [5.41, 5.74) is 3.53. The van der Waals surface area contributed by atoms with Gasteiger partial charge in [-0.3, -0.25) is 4.79 Å². The summed E-state index contributed by atoms with van der Waals surface area (Å²) < 4.78 is 5.79. The van der Waals surface area contributed by atoms with Crippen LogP contribution in [-0.2, 0) is 11.2 Å². The first kappa shape index (κ1) is 17.2. The number of fused-ring (bicyclic) bond motifs is 1. The van der Waals surface area contributed by atoms with E-state index in [1.54, 1.807) is 0 Å². The highest BCUT2D eigenvalue weighted by atomic mass is 35.5. The Labute approximate surface area is 159 Å². The van der Waals surface area contributed by atoms with Gasteiger partial charge in [0.05, 0.1) is 5.92 Å². The van der Waals surface area contributed by atoms with E-state index in [2.05, 4.69) is 36.1 Å². The lowest BCUT2D eigenvalue weighted by atomic mass is 9.95. The Bertz CT molecular complexity index is 815. The molecular weight excluding hydrogens is 348 g/mol. The summed E-state index contributed by atoms with van der Waals surface area (Å²) in [7, 11) is 0. The summed E-state index contributed by atoms with van der Waals surface area (Å²) in [6.45, 7) is 5.80. The van der Waals surface area contributed by atoms with Crippen LogP contribution in [0.5, 0.6) is 5.75 Å². The topological polar surface area (TPSA) is 32.8 Å². The van der Waals surface area contributed by atoms with Crippen molar-refractivity contribution in [3.63, 3.8) is 0 Å². The van der Waals surface area contributed by atoms with E-state index >= 15 is 0 Å². The number of anilines is 1. The molecule has 1 amide bonds. The first-order chi connectivity index (χ1) is 12.6. The Morgan fingerprint density at radius 2 is 1.92 bits per heavy atom. The number of amides is 1. The van der Waals surface area contributed by atoms with Gasteiger partial charge in [0, 0.05) is 36.9 Å². The van der Waals surface area contributed by atoms with Gasteiger partial charge in [-0.1, -0.05) is 23.7 Å². The summed E-state index contributed by atoms with van der Waals surface area (Å²) in [5, 5.41) is 0.687. The molecule has 1 unspecified atom stereocenters. The maximum Gasteiger partial charge on any atom is 0.229 e. The molecule has 0 aliphatic carbocycles. The third-order valence-electron chi connectivity index (χ3n) is 5.24. The number of ether oxygens (including phenoxy) is 1. The van der Waals surface area contributed by atoms with E-state index in [0.717, 1.165) is 37.5 Å². The van der Waals surface area contributed by atoms with Crippen molar-refractivity contribution in [3.05, 3.63) is 58.6 Å². The van der Waals surface area contributed by atoms with Gasteiger partial charge in [-0.15, -0.1) is 0 Å². The predicted molar refractivity (Wildman–Crippen MR) is 104 cm³/mol. The maximum atomic E-state index is 12.9. The Morgan fingerprint density at radius 1 is 1.12 bits per heavy atom. The van der Waals surface area contributed by atoms with Gasteiger partial charge in [0.15, 0.2) is 0 Å². The average molecular weight is 371 g/mol. The first-order valence-electron chi connectivity index (χ1n) is 9.12. The number of hydrogen-bond donors (Lipinski definition) is 0. The van der Waals surface area contributed by atoms with Crippen LogP contribution < -0.4 is 9.64 Å². The lowest BCUT2D eigenvalue weighted by Crippen LogP contribution is -2.51. The smallest absolute Gasteiger partial charge is 0.229 e. The van der Waals surface area contributed by atoms with Crippen molar-refractivity contribution < 1.29 is 9.53 Å². The van der Waals surface area contributed by atoms with E-state index in [-0.39, 0.29) is 11.8 Å². The maximum absolute atomic E-state index is 12.9. The molecule has 2 aromatic rings. The fourth-order valence-corrected chi connectivity index (χ4v) is 3.98. The van der Waals surface area contributed by atoms with Gasteiger partial charge in [0.2, 0.25) is 5.91 Å². The van der Waals surface area contributed by atoms with Crippen molar-refractivity contribution in [1.82, 2.24) is 4.90 Å². The fraction of sp³-hybridized carbons (Fsp3) is 0.381. The standard InChI is InChI=1S/C21H23ClN2O2/c1-15-3-2-4-19(11-15)23-7-9-24(10-8-23)21(25)17-12-16-13-18(22)5-6-20(16)26-14-17/h2-6,11,13,17H,7-10,12,14H2,1H3. The predicted octanol–water partition coefficient (Wildman–Crippen LogP) is 3.55. The van der Waals surface area contributed by atoms with Crippen LogP contribution in [0, 0.1) is 12.8 Å². The third kappa shape index (κ3) is 3.51. The monoisotopic (exact) mass is 370 g/mol. The second kappa shape index (κ2) is 7.20. The molecule has 4 nitrogen and oxygen atoms in total. The molecule has 0 bridgehead atoms. The number of piperazine rings is 1. The third-order valence-corrected chi connectivity index (χ3v) is 5.47. The van der Waals surface area contributed by atoms with Crippen LogP contribution in [0.1, 0.15) is 11.1 Å². The van der Waals surface area contributed by atoms with Gasteiger partial charge in [-0.2, -0.15) is 0 Å². The highest BCUT2D eigenvalue weighted by molar-refractivity contribution is 6.30. The van der Waals surface area contributed by atoms with E-state index in [1.165, 1.54) is 11.3 Å². The second-order valence-corrected chi connectivity index (χ2v) is 7.55. The quantitative estimate of drug-likeness (QED) is 0.810. The van der Waals surface area contributed by atoms with Crippen molar-refractivity contribution in [2.45, 2.75) is 13.3 Å². The molecule has 136 valence electrons. The molecule has 0 spiro atoms. The molecule has 4 rings (SSSR count). The van der Waals surface area contributed by atoms with Crippen LogP contribution in [0.2, 0.25) is 5.02 Å². The minimum Gasteiger partial charge on any atom is -0.492 e. The molecule has 0 radical (unpaired) electrons. The van der Waals surface area contributed by atoms with Crippen LogP contribution in [0.25, 0.3) is 0 Å². The van der Waals surface area contributed by atoms with Gasteiger partial charge in [0.1, 0.15) is 12.4 Å². The van der Waals surface area contributed by atoms with Crippen molar-refractivity contribution >= 4 is 23.2 Å². The molecule has 0 N–H and O–H groups in total. The fourth-order valence-electron chi connectivity index (χ4n) is 3.79. The van der Waals surface area contributed by atoms with E-state index < -0.39 is 0 Å². The van der Waals surface area contributed by atoms with E-state index in [1.807, 2.05) is 23.1 Å². The van der Waals surface area contributed by atoms with E-state index in [4.69, 9.17) is 16.3 Å². The Balaban J connectivity index is 1.38. The minimum absolute atomic E-state index is 0.119. The van der Waals surface area contributed by atoms with Crippen LogP contribution in [-0.4, -0.2) is 43.6 Å². The van der Waals surface area contributed by atoms with Crippen LogP contribution in [0.3, 0.4) is 0 Å². The summed E-state index contributed by atoms with van der Waals surface area (Å²) in [6.07, 6.45) is 0.701. The molecule has 1 atom stereocenters. The highest BCUT2D eigenvalue weighted by Crippen LogP contribution is 2.30. The number of hydrogen-bond acceptors (Lipinski definition) is 3. The van der Waals surface area contributed by atoms with E-state index in [0.29, 0.717) is 18.1 Å². The second-order valence-electron chi connectivity index (χ2n) is 7.12. The largest absolute Gasteiger partial charge is 0.492 e. The zero-order valence-corrected chi connectivity index (χ0v) is 15.7. The van der Waals surface area contributed by atoms with Gasteiger partial charge in [0.25, 0.3) is 0 Å². The summed E-state index contributed by atoms with van der Waals surface area (Å²) in [5.74, 6) is 0.925. The number of nitrogens with zero attached hydrogens (tertiary/aromatic N) is 2. The van der Waals surface area contributed by atoms with Gasteiger partial charge >= 0.3 is 0 Å². The molecule has 2 aliphatic rings. The molecule has 0 aromatic heterocycles. The molecule has 1 saturated heterocycles. The lowest BCUT2D eigenvalue weighted by Gasteiger charge is -2.38. The van der Waals surface area contributed by atoms with Gasteiger partial charge in [-0.25, -0.2) is 0 Å². The summed E-state index contributed by atoms with van der Waals surface area (Å²) in [4.78, 5) is 17.3. The summed E-state index contributed by atoms with van der Waals surface area (Å²) in [6, 6.07) is 14.2. The number of aryl methyl sites for hydroxylation is 1. The van der Waals surface area contributed by atoms with Crippen molar-refractivity contribution in [2.24, 2.45) is 5.92 Å². The minimum atomic E-state index is -0.119. The highest BCUT2D eigenvalue weighted by Gasteiger charge is 2.31. The van der Waals surface area contributed by atoms with Gasteiger partial charge in [-0.05, 0) is 54.8 Å². The van der Waals surface area contributed by atoms with Crippen molar-refractivity contribution in [2.75, 3.05) is 37.7 Å². The molecule has 5 heteroatoms. The Hall–Kier alpha value is -2.20. The van der Waals surface area contributed by atoms with Crippen molar-refractivity contribution in [3.8, 4) is 5.75 Å². The summed E-state index contributed by atoms with van der Waals surface area (Å²) >= 11 is 6.08.